The van der Waals surface area contributed by atoms with Gasteiger partial charge in [0.05, 0.1) is 13.3 Å². The first-order valence-electron chi connectivity index (χ1n) is 7.40. The molecule has 0 heterocycles. The van der Waals surface area contributed by atoms with Crippen molar-refractivity contribution < 1.29 is 22.3 Å². The van der Waals surface area contributed by atoms with E-state index in [-0.39, 0.29) is 13.3 Å². The van der Waals surface area contributed by atoms with Crippen LogP contribution in [0.15, 0.2) is 0 Å². The van der Waals surface area contributed by atoms with Crippen LogP contribution in [0.4, 0.5) is 0 Å². The summed E-state index contributed by atoms with van der Waals surface area (Å²) in [5.41, 5.74) is 4.40. The first-order valence-corrected chi connectivity index (χ1v) is 8.77. The third-order valence-electron chi connectivity index (χ3n) is 2.73. The lowest BCUT2D eigenvalue weighted by atomic mass is 10.1. The number of hydrogen-bond donors (Lipinski definition) is 3. The summed E-state index contributed by atoms with van der Waals surface area (Å²) >= 11 is 0. The van der Waals surface area contributed by atoms with Gasteiger partial charge in [-0.25, -0.2) is 4.18 Å². The first-order chi connectivity index (χ1) is 9.47. The molecule has 4 N–H and O–H groups in total. The Hall–Kier alpha value is -0.210. The quantitative estimate of drug-likeness (QED) is 0.290. The summed E-state index contributed by atoms with van der Waals surface area (Å²) in [5, 5.41) is 7.35. The maximum absolute atomic E-state index is 10.2. The standard InChI is InChI=1S/C12H26O4S.CH5NO/c1-2-3-4-5-6-7-8-9-10-11-12-16-17(13,14)15;2-1-3/h2-12H2,1H3,(H,13,14,15);3H,1-2H2. The molecule has 0 atom stereocenters. The molecule has 0 fully saturated rings. The molecule has 0 aromatic rings. The van der Waals surface area contributed by atoms with E-state index < -0.39 is 10.4 Å². The van der Waals surface area contributed by atoms with Gasteiger partial charge >= 0.3 is 10.4 Å². The molecule has 0 saturated heterocycles. The van der Waals surface area contributed by atoms with Crippen LogP contribution >= 0.6 is 0 Å². The molecule has 0 unspecified atom stereocenters. The zero-order chi connectivity index (χ0) is 15.7. The van der Waals surface area contributed by atoms with Gasteiger partial charge in [-0.3, -0.25) is 4.55 Å². The minimum absolute atomic E-state index is 0.0926. The highest BCUT2D eigenvalue weighted by molar-refractivity contribution is 7.80. The molecule has 20 heavy (non-hydrogen) atoms. The van der Waals surface area contributed by atoms with Crippen LogP contribution in [0.3, 0.4) is 0 Å². The normalized spacial score (nSPS) is 11.0. The fourth-order valence-electron chi connectivity index (χ4n) is 1.75. The van der Waals surface area contributed by atoms with Crippen LogP contribution in [0.5, 0.6) is 0 Å². The van der Waals surface area contributed by atoms with Crippen LogP contribution in [0.2, 0.25) is 0 Å². The topological polar surface area (TPSA) is 110 Å². The summed E-state index contributed by atoms with van der Waals surface area (Å²) in [6.45, 7) is 2.06. The van der Waals surface area contributed by atoms with E-state index in [9.17, 15) is 8.42 Å². The monoisotopic (exact) mass is 313 g/mol. The summed E-state index contributed by atoms with van der Waals surface area (Å²) in [7, 11) is -4.23. The van der Waals surface area contributed by atoms with Crippen molar-refractivity contribution in [2.24, 2.45) is 5.73 Å². The minimum atomic E-state index is -4.23. The van der Waals surface area contributed by atoms with E-state index in [1.807, 2.05) is 0 Å². The lowest BCUT2D eigenvalue weighted by Crippen LogP contribution is -2.04. The highest BCUT2D eigenvalue weighted by Gasteiger charge is 2.02. The Balaban J connectivity index is 0. The van der Waals surface area contributed by atoms with E-state index >= 15 is 0 Å². The predicted molar refractivity (Wildman–Crippen MR) is 80.6 cm³/mol. The van der Waals surface area contributed by atoms with Crippen molar-refractivity contribution >= 4 is 10.4 Å². The van der Waals surface area contributed by atoms with Crippen molar-refractivity contribution in [1.82, 2.24) is 0 Å². The third-order valence-corrected chi connectivity index (χ3v) is 3.19. The Morgan fingerprint density at radius 2 is 1.25 bits per heavy atom. The molecule has 0 bridgehead atoms. The Labute approximate surface area is 123 Å². The smallest absolute Gasteiger partial charge is 0.382 e. The number of aliphatic hydroxyl groups excluding tert-OH is 1. The molecule has 0 spiro atoms. The van der Waals surface area contributed by atoms with Crippen molar-refractivity contribution in [2.45, 2.75) is 71.1 Å². The number of unbranched alkanes of at least 4 members (excludes halogenated alkanes) is 9. The molecule has 0 aliphatic heterocycles. The van der Waals surface area contributed by atoms with Gasteiger partial charge in [0, 0.05) is 0 Å². The van der Waals surface area contributed by atoms with Gasteiger partial charge in [0.15, 0.2) is 0 Å². The number of rotatable bonds is 12. The molecular weight excluding hydrogens is 282 g/mol. The van der Waals surface area contributed by atoms with Crippen LogP contribution in [-0.2, 0) is 14.6 Å². The number of nitrogens with two attached hydrogens (primary N) is 1. The van der Waals surface area contributed by atoms with Crippen LogP contribution in [0, 0.1) is 0 Å². The maximum atomic E-state index is 10.2. The summed E-state index contributed by atoms with van der Waals surface area (Å²) in [5.74, 6) is 0. The average molecular weight is 313 g/mol. The van der Waals surface area contributed by atoms with Gasteiger partial charge in [0.25, 0.3) is 0 Å². The molecule has 0 aromatic carbocycles. The van der Waals surface area contributed by atoms with Gasteiger partial charge < -0.3 is 10.8 Å². The summed E-state index contributed by atoms with van der Waals surface area (Å²) in [6.07, 6.45) is 11.9. The lowest BCUT2D eigenvalue weighted by Gasteiger charge is -2.02. The summed E-state index contributed by atoms with van der Waals surface area (Å²) < 4.78 is 33.0. The zero-order valence-electron chi connectivity index (χ0n) is 12.6. The van der Waals surface area contributed by atoms with Crippen molar-refractivity contribution in [2.75, 3.05) is 13.3 Å². The summed E-state index contributed by atoms with van der Waals surface area (Å²) in [4.78, 5) is 0. The highest BCUT2D eigenvalue weighted by atomic mass is 32.3. The van der Waals surface area contributed by atoms with E-state index in [1.54, 1.807) is 0 Å². The molecular formula is C13H31NO5S. The number of aliphatic hydroxyl groups is 1. The second-order valence-electron chi connectivity index (χ2n) is 4.61. The number of hydrogen-bond acceptors (Lipinski definition) is 5. The molecule has 0 amide bonds. The Bertz CT molecular complexity index is 270. The van der Waals surface area contributed by atoms with Crippen LogP contribution in [0.1, 0.15) is 71.1 Å². The lowest BCUT2D eigenvalue weighted by molar-refractivity contribution is 0.261. The van der Waals surface area contributed by atoms with Crippen LogP contribution in [0.25, 0.3) is 0 Å². The highest BCUT2D eigenvalue weighted by Crippen LogP contribution is 2.10. The molecule has 0 saturated carbocycles. The molecule has 0 radical (unpaired) electrons. The largest absolute Gasteiger partial charge is 0.397 e. The van der Waals surface area contributed by atoms with Crippen LogP contribution in [-0.4, -0.2) is 31.4 Å². The molecule has 0 aliphatic carbocycles. The molecule has 7 heteroatoms. The van der Waals surface area contributed by atoms with E-state index in [4.69, 9.17) is 9.66 Å². The average Bonchev–Trinajstić information content (AvgIpc) is 2.35. The maximum Gasteiger partial charge on any atom is 0.397 e. The molecule has 124 valence electrons. The molecule has 0 aromatic heterocycles. The third kappa shape index (κ3) is 26.4. The Morgan fingerprint density at radius 1 is 0.900 bits per heavy atom. The molecule has 0 rings (SSSR count). The summed E-state index contributed by atoms with van der Waals surface area (Å²) in [6, 6.07) is 0. The molecule has 6 nitrogen and oxygen atoms in total. The second kappa shape index (κ2) is 16.8. The Morgan fingerprint density at radius 3 is 1.60 bits per heavy atom. The van der Waals surface area contributed by atoms with E-state index in [0.717, 1.165) is 12.8 Å². The van der Waals surface area contributed by atoms with Gasteiger partial charge in [0.2, 0.25) is 0 Å². The fourth-order valence-corrected chi connectivity index (χ4v) is 2.08. The van der Waals surface area contributed by atoms with Gasteiger partial charge in [-0.2, -0.15) is 8.42 Å². The van der Waals surface area contributed by atoms with Crippen LogP contribution < -0.4 is 5.73 Å². The van der Waals surface area contributed by atoms with E-state index in [0.29, 0.717) is 6.42 Å². The molecule has 0 aliphatic rings. The zero-order valence-corrected chi connectivity index (χ0v) is 13.4. The predicted octanol–water partition coefficient (Wildman–Crippen LogP) is 2.62. The van der Waals surface area contributed by atoms with Crippen molar-refractivity contribution in [3.05, 3.63) is 0 Å². The van der Waals surface area contributed by atoms with Gasteiger partial charge in [-0.1, -0.05) is 64.7 Å². The first kappa shape index (κ1) is 22.1. The van der Waals surface area contributed by atoms with Crippen molar-refractivity contribution in [3.8, 4) is 0 Å². The van der Waals surface area contributed by atoms with Gasteiger partial charge in [0.1, 0.15) is 0 Å². The van der Waals surface area contributed by atoms with E-state index in [2.05, 4.69) is 16.8 Å². The van der Waals surface area contributed by atoms with E-state index in [1.165, 1.54) is 44.9 Å². The fraction of sp³-hybridized carbons (Fsp3) is 1.00. The van der Waals surface area contributed by atoms with Gasteiger partial charge in [-0.05, 0) is 6.42 Å². The van der Waals surface area contributed by atoms with Gasteiger partial charge in [-0.15, -0.1) is 0 Å². The Kier molecular flexibility index (Phi) is 18.6. The SMILES string of the molecule is CCCCCCCCCCCCOS(=O)(=O)O.NCO. The van der Waals surface area contributed by atoms with Crippen molar-refractivity contribution in [1.29, 1.82) is 0 Å². The second-order valence-corrected chi connectivity index (χ2v) is 5.71. The van der Waals surface area contributed by atoms with Crippen molar-refractivity contribution in [3.63, 3.8) is 0 Å². The minimum Gasteiger partial charge on any atom is -0.382 e.